The quantitative estimate of drug-likeness (QED) is 0.804. The van der Waals surface area contributed by atoms with Gasteiger partial charge in [-0.05, 0) is 32.6 Å². The summed E-state index contributed by atoms with van der Waals surface area (Å²) in [4.78, 5) is 5.99. The number of nitrogens with two attached hydrogens (primary N) is 1. The largest absolute Gasteiger partial charge is 0.327 e. The van der Waals surface area contributed by atoms with Crippen molar-refractivity contribution in [3.63, 3.8) is 0 Å². The molecule has 2 atom stereocenters. The normalized spacial score (nSPS) is 26.7. The van der Waals surface area contributed by atoms with Crippen LogP contribution in [-0.4, -0.2) is 11.0 Å². The van der Waals surface area contributed by atoms with E-state index in [2.05, 4.69) is 18.8 Å². The Hall–Kier alpha value is -0.410. The molecular formula is C13H22N2S. The minimum absolute atomic E-state index is 0.395. The molecule has 0 amide bonds. The number of aryl methyl sites for hydroxylation is 2. The van der Waals surface area contributed by atoms with Crippen molar-refractivity contribution in [1.29, 1.82) is 0 Å². The Morgan fingerprint density at radius 2 is 2.00 bits per heavy atom. The van der Waals surface area contributed by atoms with Gasteiger partial charge in [-0.15, -0.1) is 11.3 Å². The van der Waals surface area contributed by atoms with Crippen LogP contribution in [0.15, 0.2) is 0 Å². The summed E-state index contributed by atoms with van der Waals surface area (Å²) in [5.41, 5.74) is 7.45. The fourth-order valence-electron chi connectivity index (χ4n) is 2.52. The first-order valence-corrected chi connectivity index (χ1v) is 7.17. The second-order valence-electron chi connectivity index (χ2n) is 5.02. The summed E-state index contributed by atoms with van der Waals surface area (Å²) < 4.78 is 0. The lowest BCUT2D eigenvalue weighted by atomic mass is 9.92. The molecule has 0 aliphatic heterocycles. The minimum Gasteiger partial charge on any atom is -0.327 e. The molecule has 0 aromatic carbocycles. The van der Waals surface area contributed by atoms with E-state index < -0.39 is 0 Å². The number of rotatable bonds is 2. The second-order valence-corrected chi connectivity index (χ2v) is 6.30. The SMILES string of the molecule is Cc1nc(CC2CCCCCC2N)sc1C. The lowest BCUT2D eigenvalue weighted by Gasteiger charge is -2.19. The number of hydrogen-bond donors (Lipinski definition) is 1. The first kappa shape index (κ1) is 12.1. The summed E-state index contributed by atoms with van der Waals surface area (Å²) in [6.45, 7) is 4.26. The fourth-order valence-corrected chi connectivity index (χ4v) is 3.54. The van der Waals surface area contributed by atoms with Gasteiger partial charge in [-0.25, -0.2) is 4.98 Å². The lowest BCUT2D eigenvalue weighted by molar-refractivity contribution is 0.395. The van der Waals surface area contributed by atoms with Gasteiger partial charge in [-0.1, -0.05) is 19.3 Å². The van der Waals surface area contributed by atoms with Crippen LogP contribution in [0, 0.1) is 19.8 Å². The predicted octanol–water partition coefficient (Wildman–Crippen LogP) is 3.21. The molecule has 1 saturated carbocycles. The molecule has 2 N–H and O–H groups in total. The molecule has 0 bridgehead atoms. The van der Waals surface area contributed by atoms with Crippen LogP contribution in [0.2, 0.25) is 0 Å². The third kappa shape index (κ3) is 2.83. The van der Waals surface area contributed by atoms with E-state index in [9.17, 15) is 0 Å². The highest BCUT2D eigenvalue weighted by atomic mass is 32.1. The fraction of sp³-hybridized carbons (Fsp3) is 0.769. The molecule has 0 radical (unpaired) electrons. The monoisotopic (exact) mass is 238 g/mol. The highest BCUT2D eigenvalue weighted by Crippen LogP contribution is 2.27. The molecule has 1 aromatic rings. The highest BCUT2D eigenvalue weighted by Gasteiger charge is 2.21. The Bertz CT molecular complexity index is 326. The summed E-state index contributed by atoms with van der Waals surface area (Å²) >= 11 is 1.85. The van der Waals surface area contributed by atoms with E-state index >= 15 is 0 Å². The molecule has 1 aliphatic carbocycles. The molecule has 0 spiro atoms. The van der Waals surface area contributed by atoms with Gasteiger partial charge in [0.05, 0.1) is 10.7 Å². The van der Waals surface area contributed by atoms with Crippen LogP contribution in [-0.2, 0) is 6.42 Å². The second kappa shape index (κ2) is 5.28. The molecule has 0 saturated heterocycles. The number of nitrogens with zero attached hydrogens (tertiary/aromatic N) is 1. The molecule has 90 valence electrons. The van der Waals surface area contributed by atoms with Crippen LogP contribution >= 0.6 is 11.3 Å². The Morgan fingerprint density at radius 1 is 1.25 bits per heavy atom. The topological polar surface area (TPSA) is 38.9 Å². The summed E-state index contributed by atoms with van der Waals surface area (Å²) in [5, 5.41) is 1.29. The first-order chi connectivity index (χ1) is 7.66. The van der Waals surface area contributed by atoms with Crippen molar-refractivity contribution in [3.8, 4) is 0 Å². The van der Waals surface area contributed by atoms with Gasteiger partial charge in [0.1, 0.15) is 0 Å². The average molecular weight is 238 g/mol. The van der Waals surface area contributed by atoms with E-state index in [1.807, 2.05) is 11.3 Å². The smallest absolute Gasteiger partial charge is 0.0934 e. The Morgan fingerprint density at radius 3 is 2.69 bits per heavy atom. The van der Waals surface area contributed by atoms with Crippen molar-refractivity contribution < 1.29 is 0 Å². The van der Waals surface area contributed by atoms with Crippen LogP contribution in [0.1, 0.15) is 47.7 Å². The standard InChI is InChI=1S/C13H22N2S/c1-9-10(2)16-13(15-9)8-11-6-4-3-5-7-12(11)14/h11-12H,3-8,14H2,1-2H3. The Kier molecular flexibility index (Phi) is 3.98. The molecular weight excluding hydrogens is 216 g/mol. The number of thiazole rings is 1. The van der Waals surface area contributed by atoms with Gasteiger partial charge < -0.3 is 5.73 Å². The van der Waals surface area contributed by atoms with Crippen molar-refractivity contribution in [2.75, 3.05) is 0 Å². The highest BCUT2D eigenvalue weighted by molar-refractivity contribution is 7.11. The van der Waals surface area contributed by atoms with E-state index in [0.717, 1.165) is 6.42 Å². The molecule has 2 nitrogen and oxygen atoms in total. The van der Waals surface area contributed by atoms with Crippen molar-refractivity contribution in [1.82, 2.24) is 4.98 Å². The molecule has 3 heteroatoms. The van der Waals surface area contributed by atoms with E-state index in [-0.39, 0.29) is 0 Å². The maximum Gasteiger partial charge on any atom is 0.0934 e. The van der Waals surface area contributed by atoms with E-state index in [0.29, 0.717) is 12.0 Å². The average Bonchev–Trinajstić information content (AvgIpc) is 2.44. The van der Waals surface area contributed by atoms with Gasteiger partial charge in [-0.3, -0.25) is 0 Å². The minimum atomic E-state index is 0.395. The van der Waals surface area contributed by atoms with Crippen molar-refractivity contribution >= 4 is 11.3 Å². The van der Waals surface area contributed by atoms with Gasteiger partial charge in [0.2, 0.25) is 0 Å². The van der Waals surface area contributed by atoms with Gasteiger partial charge in [0.25, 0.3) is 0 Å². The molecule has 2 rings (SSSR count). The summed E-state index contributed by atoms with van der Waals surface area (Å²) in [6.07, 6.45) is 7.61. The number of aromatic nitrogens is 1. The summed E-state index contributed by atoms with van der Waals surface area (Å²) in [5.74, 6) is 0.660. The van der Waals surface area contributed by atoms with Gasteiger partial charge in [0, 0.05) is 17.3 Å². The van der Waals surface area contributed by atoms with Gasteiger partial charge in [-0.2, -0.15) is 0 Å². The Labute approximate surface area is 102 Å². The van der Waals surface area contributed by atoms with Crippen molar-refractivity contribution in [3.05, 3.63) is 15.6 Å². The van der Waals surface area contributed by atoms with Crippen LogP contribution in [0.4, 0.5) is 0 Å². The summed E-state index contributed by atoms with van der Waals surface area (Å²) in [7, 11) is 0. The third-order valence-corrected chi connectivity index (χ3v) is 4.82. The van der Waals surface area contributed by atoms with Crippen LogP contribution in [0.3, 0.4) is 0 Å². The molecule has 1 aliphatic rings. The van der Waals surface area contributed by atoms with Crippen LogP contribution in [0.5, 0.6) is 0 Å². The van der Waals surface area contributed by atoms with E-state index in [1.165, 1.54) is 47.7 Å². The Balaban J connectivity index is 2.01. The van der Waals surface area contributed by atoms with Crippen molar-refractivity contribution in [2.24, 2.45) is 11.7 Å². The van der Waals surface area contributed by atoms with Gasteiger partial charge in [0.15, 0.2) is 0 Å². The maximum absolute atomic E-state index is 6.25. The van der Waals surface area contributed by atoms with Crippen LogP contribution < -0.4 is 5.73 Å². The van der Waals surface area contributed by atoms with Crippen LogP contribution in [0.25, 0.3) is 0 Å². The summed E-state index contributed by atoms with van der Waals surface area (Å²) in [6, 6.07) is 0.395. The third-order valence-electron chi connectivity index (χ3n) is 3.73. The van der Waals surface area contributed by atoms with Crippen molar-refractivity contribution in [2.45, 2.75) is 58.4 Å². The lowest BCUT2D eigenvalue weighted by Crippen LogP contribution is -2.30. The number of hydrogen-bond acceptors (Lipinski definition) is 3. The van der Waals surface area contributed by atoms with Gasteiger partial charge >= 0.3 is 0 Å². The predicted molar refractivity (Wildman–Crippen MR) is 69.8 cm³/mol. The molecule has 16 heavy (non-hydrogen) atoms. The zero-order valence-corrected chi connectivity index (χ0v) is 11.1. The molecule has 1 heterocycles. The molecule has 1 fully saturated rings. The zero-order valence-electron chi connectivity index (χ0n) is 10.3. The molecule has 2 unspecified atom stereocenters. The van der Waals surface area contributed by atoms with E-state index in [4.69, 9.17) is 5.73 Å². The zero-order chi connectivity index (χ0) is 11.5. The maximum atomic E-state index is 6.25. The molecule has 1 aromatic heterocycles. The van der Waals surface area contributed by atoms with E-state index in [1.54, 1.807) is 0 Å². The first-order valence-electron chi connectivity index (χ1n) is 6.35.